The van der Waals surface area contributed by atoms with Crippen LogP contribution >= 0.6 is 31.9 Å². The van der Waals surface area contributed by atoms with Crippen LogP contribution in [0.3, 0.4) is 0 Å². The van der Waals surface area contributed by atoms with Gasteiger partial charge in [0, 0.05) is 0 Å². The Labute approximate surface area is 113 Å². The lowest BCUT2D eigenvalue weighted by molar-refractivity contribution is 0.336. The molecule has 16 heavy (non-hydrogen) atoms. The summed E-state index contributed by atoms with van der Waals surface area (Å²) >= 11 is 6.76. The van der Waals surface area contributed by atoms with E-state index in [1.807, 2.05) is 6.07 Å². The molecular formula is C12H17Br2NO. The Hall–Kier alpha value is 0.200. The maximum absolute atomic E-state index is 5.51. The smallest absolute Gasteiger partial charge is 0.183 e. The first-order valence-corrected chi connectivity index (χ1v) is 7.48. The first-order chi connectivity index (χ1) is 7.75. The molecule has 90 valence electrons. The molecule has 0 bridgehead atoms. The van der Waals surface area contributed by atoms with Gasteiger partial charge >= 0.3 is 0 Å². The van der Waals surface area contributed by atoms with E-state index < -0.39 is 0 Å². The van der Waals surface area contributed by atoms with E-state index in [-0.39, 0.29) is 0 Å². The zero-order valence-corrected chi connectivity index (χ0v) is 12.4. The summed E-state index contributed by atoms with van der Waals surface area (Å²) in [6.45, 7) is 1.94. The number of rotatable bonds is 4. The summed E-state index contributed by atoms with van der Waals surface area (Å²) in [7, 11) is 0. The molecule has 1 aliphatic carbocycles. The molecule has 1 heterocycles. The van der Waals surface area contributed by atoms with Gasteiger partial charge in [-0.3, -0.25) is 0 Å². The van der Waals surface area contributed by atoms with Gasteiger partial charge in [-0.1, -0.05) is 19.3 Å². The molecular weight excluding hydrogens is 334 g/mol. The van der Waals surface area contributed by atoms with Crippen molar-refractivity contribution in [1.82, 2.24) is 5.32 Å². The molecule has 1 aliphatic rings. The van der Waals surface area contributed by atoms with E-state index in [4.69, 9.17) is 4.42 Å². The van der Waals surface area contributed by atoms with Crippen molar-refractivity contribution >= 4 is 31.9 Å². The van der Waals surface area contributed by atoms with Crippen molar-refractivity contribution in [3.8, 4) is 0 Å². The summed E-state index contributed by atoms with van der Waals surface area (Å²) in [4.78, 5) is 0. The minimum absolute atomic E-state index is 0.780. The third kappa shape index (κ3) is 3.60. The SMILES string of the molecule is Brc1cc(CNCC2CCCCC2)oc1Br. The third-order valence-corrected chi connectivity index (χ3v) is 4.86. The zero-order chi connectivity index (χ0) is 11.4. The molecule has 0 aromatic carbocycles. The fraction of sp³-hybridized carbons (Fsp3) is 0.667. The van der Waals surface area contributed by atoms with Crippen LogP contribution in [0.25, 0.3) is 0 Å². The molecule has 0 atom stereocenters. The Balaban J connectivity index is 1.71. The second-order valence-corrected chi connectivity index (χ2v) is 6.04. The van der Waals surface area contributed by atoms with Gasteiger partial charge in [-0.2, -0.15) is 0 Å². The highest BCUT2D eigenvalue weighted by Crippen LogP contribution is 2.27. The minimum atomic E-state index is 0.780. The largest absolute Gasteiger partial charge is 0.452 e. The zero-order valence-electron chi connectivity index (χ0n) is 9.27. The van der Waals surface area contributed by atoms with E-state index in [2.05, 4.69) is 37.2 Å². The van der Waals surface area contributed by atoms with Gasteiger partial charge in [-0.15, -0.1) is 0 Å². The van der Waals surface area contributed by atoms with Crippen LogP contribution in [0, 0.1) is 5.92 Å². The number of hydrogen-bond acceptors (Lipinski definition) is 2. The van der Waals surface area contributed by atoms with E-state index in [0.29, 0.717) is 0 Å². The maximum atomic E-state index is 5.51. The fourth-order valence-electron chi connectivity index (χ4n) is 2.27. The van der Waals surface area contributed by atoms with Crippen LogP contribution in [-0.2, 0) is 6.54 Å². The average Bonchev–Trinajstić information content (AvgIpc) is 2.60. The van der Waals surface area contributed by atoms with E-state index >= 15 is 0 Å². The van der Waals surface area contributed by atoms with Crippen LogP contribution in [0.15, 0.2) is 19.6 Å². The monoisotopic (exact) mass is 349 g/mol. The standard InChI is InChI=1S/C12H17Br2NO/c13-11-6-10(16-12(11)14)8-15-7-9-4-2-1-3-5-9/h6,9,15H,1-5,7-8H2. The van der Waals surface area contributed by atoms with Gasteiger partial charge in [0.2, 0.25) is 0 Å². The van der Waals surface area contributed by atoms with Gasteiger partial charge in [-0.25, -0.2) is 0 Å². The summed E-state index contributed by atoms with van der Waals surface area (Å²) in [5, 5.41) is 3.48. The lowest BCUT2D eigenvalue weighted by Crippen LogP contribution is -2.23. The van der Waals surface area contributed by atoms with Gasteiger partial charge in [0.1, 0.15) is 5.76 Å². The van der Waals surface area contributed by atoms with Crippen molar-refractivity contribution in [3.63, 3.8) is 0 Å². The first-order valence-electron chi connectivity index (χ1n) is 5.90. The lowest BCUT2D eigenvalue weighted by Gasteiger charge is -2.21. The highest BCUT2D eigenvalue weighted by molar-refractivity contribution is 9.13. The lowest BCUT2D eigenvalue weighted by atomic mass is 9.89. The molecule has 0 unspecified atom stereocenters. The van der Waals surface area contributed by atoms with Crippen molar-refractivity contribution in [2.75, 3.05) is 6.54 Å². The summed E-state index contributed by atoms with van der Waals surface area (Å²) in [6, 6.07) is 2.01. The molecule has 1 saturated carbocycles. The number of hydrogen-bond donors (Lipinski definition) is 1. The maximum Gasteiger partial charge on any atom is 0.183 e. The van der Waals surface area contributed by atoms with Crippen molar-refractivity contribution in [2.24, 2.45) is 5.92 Å². The Morgan fingerprint density at radius 1 is 1.25 bits per heavy atom. The van der Waals surface area contributed by atoms with Gasteiger partial charge in [-0.05, 0) is 63.2 Å². The topological polar surface area (TPSA) is 25.2 Å². The molecule has 0 spiro atoms. The van der Waals surface area contributed by atoms with Gasteiger partial charge in [0.15, 0.2) is 4.67 Å². The Bertz CT molecular complexity index is 312. The highest BCUT2D eigenvalue weighted by Gasteiger charge is 2.13. The van der Waals surface area contributed by atoms with Crippen LogP contribution < -0.4 is 5.32 Å². The highest BCUT2D eigenvalue weighted by atomic mass is 79.9. The number of halogens is 2. The molecule has 0 radical (unpaired) electrons. The predicted octanol–water partition coefficient (Wildman–Crippen LogP) is 4.47. The quantitative estimate of drug-likeness (QED) is 0.866. The summed E-state index contributed by atoms with van der Waals surface area (Å²) in [6.07, 6.45) is 7.01. The Kier molecular flexibility index (Phi) is 4.92. The summed E-state index contributed by atoms with van der Waals surface area (Å²) < 4.78 is 7.28. The van der Waals surface area contributed by atoms with E-state index in [9.17, 15) is 0 Å². The summed E-state index contributed by atoms with van der Waals surface area (Å²) in [5.74, 6) is 1.85. The second-order valence-electron chi connectivity index (χ2n) is 4.47. The van der Waals surface area contributed by atoms with Crippen molar-refractivity contribution in [3.05, 3.63) is 21.0 Å². The number of furan rings is 1. The first kappa shape index (κ1) is 12.7. The van der Waals surface area contributed by atoms with Gasteiger partial charge in [0.05, 0.1) is 11.0 Å². The Morgan fingerprint density at radius 3 is 2.62 bits per heavy atom. The van der Waals surface area contributed by atoms with Crippen LogP contribution in [0.4, 0.5) is 0 Å². The number of nitrogens with one attached hydrogen (secondary N) is 1. The van der Waals surface area contributed by atoms with Crippen LogP contribution in [0.1, 0.15) is 37.9 Å². The fourth-order valence-corrected chi connectivity index (χ4v) is 2.93. The molecule has 2 nitrogen and oxygen atoms in total. The molecule has 1 fully saturated rings. The van der Waals surface area contributed by atoms with Crippen LogP contribution in [0.2, 0.25) is 0 Å². The summed E-state index contributed by atoms with van der Waals surface area (Å²) in [5.41, 5.74) is 0. The minimum Gasteiger partial charge on any atom is -0.452 e. The molecule has 1 aromatic heterocycles. The van der Waals surface area contributed by atoms with Crippen molar-refractivity contribution < 1.29 is 4.42 Å². The normalized spacial score (nSPS) is 17.9. The van der Waals surface area contributed by atoms with Gasteiger partial charge in [0.25, 0.3) is 0 Å². The Morgan fingerprint density at radius 2 is 2.00 bits per heavy atom. The van der Waals surface area contributed by atoms with E-state index in [1.165, 1.54) is 32.1 Å². The van der Waals surface area contributed by atoms with E-state index in [0.717, 1.165) is 33.9 Å². The molecule has 1 N–H and O–H groups in total. The molecule has 0 saturated heterocycles. The molecule has 1 aromatic rings. The van der Waals surface area contributed by atoms with E-state index in [1.54, 1.807) is 0 Å². The molecule has 4 heteroatoms. The predicted molar refractivity (Wildman–Crippen MR) is 72.4 cm³/mol. The molecule has 2 rings (SSSR count). The molecule has 0 amide bonds. The van der Waals surface area contributed by atoms with Crippen molar-refractivity contribution in [1.29, 1.82) is 0 Å². The van der Waals surface area contributed by atoms with Crippen LogP contribution in [-0.4, -0.2) is 6.54 Å². The van der Waals surface area contributed by atoms with Crippen molar-refractivity contribution in [2.45, 2.75) is 38.6 Å². The average molecular weight is 351 g/mol. The van der Waals surface area contributed by atoms with Gasteiger partial charge < -0.3 is 9.73 Å². The third-order valence-electron chi connectivity index (χ3n) is 3.15. The van der Waals surface area contributed by atoms with Crippen LogP contribution in [0.5, 0.6) is 0 Å². The second kappa shape index (κ2) is 6.22. The molecule has 0 aliphatic heterocycles.